The first-order valence-corrected chi connectivity index (χ1v) is 14.4. The van der Waals surface area contributed by atoms with E-state index < -0.39 is 17.3 Å². The molecule has 2 heterocycles. The number of rotatable bonds is 12. The Morgan fingerprint density at radius 2 is 1.66 bits per heavy atom. The number of aromatic nitrogens is 2. The van der Waals surface area contributed by atoms with Gasteiger partial charge in [-0.2, -0.15) is 4.98 Å². The van der Waals surface area contributed by atoms with Crippen molar-refractivity contribution >= 4 is 26.8 Å². The van der Waals surface area contributed by atoms with E-state index in [1.165, 1.54) is 7.11 Å². The van der Waals surface area contributed by atoms with Gasteiger partial charge in [0.1, 0.15) is 11.4 Å². The van der Waals surface area contributed by atoms with Gasteiger partial charge in [-0.25, -0.2) is 9.37 Å². The Balaban J connectivity index is 2.10. The van der Waals surface area contributed by atoms with Gasteiger partial charge >= 0.3 is 0 Å². The zero-order valence-electron chi connectivity index (χ0n) is 24.4. The molecule has 0 radical (unpaired) electrons. The van der Waals surface area contributed by atoms with Gasteiger partial charge in [0.2, 0.25) is 17.6 Å². The molecule has 2 unspecified atom stereocenters. The first kappa shape index (κ1) is 30.7. The molecule has 0 saturated heterocycles. The van der Waals surface area contributed by atoms with Gasteiger partial charge < -0.3 is 24.2 Å². The number of benzene rings is 2. The van der Waals surface area contributed by atoms with Crippen molar-refractivity contribution in [2.45, 2.75) is 38.7 Å². The van der Waals surface area contributed by atoms with Gasteiger partial charge in [0.25, 0.3) is 0 Å². The van der Waals surface area contributed by atoms with Crippen LogP contribution in [0.3, 0.4) is 0 Å². The Morgan fingerprint density at radius 3 is 2.27 bits per heavy atom. The highest BCUT2D eigenvalue weighted by Gasteiger charge is 2.44. The van der Waals surface area contributed by atoms with Crippen LogP contribution >= 0.6 is 15.9 Å². The summed E-state index contributed by atoms with van der Waals surface area (Å²) in [5, 5.41) is 13.8. The van der Waals surface area contributed by atoms with E-state index in [0.29, 0.717) is 59.7 Å². The van der Waals surface area contributed by atoms with E-state index in [2.05, 4.69) is 20.9 Å². The molecular weight excluding hydrogens is 589 g/mol. The van der Waals surface area contributed by atoms with Gasteiger partial charge in [-0.05, 0) is 82.2 Å². The summed E-state index contributed by atoms with van der Waals surface area (Å²) in [6.07, 6.45) is 0.249. The number of ether oxygens (including phenoxy) is 3. The minimum Gasteiger partial charge on any atom is -0.481 e. The minimum atomic E-state index is -1.66. The third-order valence-electron chi connectivity index (χ3n) is 7.09. The highest BCUT2D eigenvalue weighted by Crippen LogP contribution is 2.49. The summed E-state index contributed by atoms with van der Waals surface area (Å²) in [7, 11) is 5.40. The molecule has 2 aromatic heterocycles. The second kappa shape index (κ2) is 13.1. The Hall–Kier alpha value is -3.27. The van der Waals surface area contributed by atoms with Crippen molar-refractivity contribution in [3.05, 3.63) is 87.1 Å². The van der Waals surface area contributed by atoms with E-state index in [-0.39, 0.29) is 6.42 Å². The van der Waals surface area contributed by atoms with Crippen molar-refractivity contribution in [2.75, 3.05) is 41.0 Å². The van der Waals surface area contributed by atoms with Gasteiger partial charge in [-0.1, -0.05) is 34.1 Å². The second-order valence-corrected chi connectivity index (χ2v) is 11.1. The van der Waals surface area contributed by atoms with Crippen molar-refractivity contribution in [1.29, 1.82) is 0 Å². The van der Waals surface area contributed by atoms with Gasteiger partial charge in [0.05, 0.1) is 31.8 Å². The monoisotopic (exact) mass is 625 g/mol. The fraction of sp³-hybridized carbons (Fsp3) is 0.375. The minimum absolute atomic E-state index is 0.249. The zero-order chi connectivity index (χ0) is 29.7. The van der Waals surface area contributed by atoms with Crippen molar-refractivity contribution < 1.29 is 23.7 Å². The van der Waals surface area contributed by atoms with E-state index in [4.69, 9.17) is 19.2 Å². The Labute approximate surface area is 249 Å². The lowest BCUT2D eigenvalue weighted by Gasteiger charge is -2.39. The quantitative estimate of drug-likeness (QED) is 0.190. The van der Waals surface area contributed by atoms with E-state index in [1.807, 2.05) is 57.1 Å². The lowest BCUT2D eigenvalue weighted by Crippen LogP contribution is -2.38. The fourth-order valence-electron chi connectivity index (χ4n) is 5.12. The predicted molar refractivity (Wildman–Crippen MR) is 163 cm³/mol. The number of hydrogen-bond acceptors (Lipinski definition) is 7. The molecule has 7 nitrogen and oxygen atoms in total. The molecule has 1 N–H and O–H groups in total. The number of aliphatic hydroxyl groups is 1. The summed E-state index contributed by atoms with van der Waals surface area (Å²) in [5.74, 6) is -0.389. The predicted octanol–water partition coefficient (Wildman–Crippen LogP) is 6.62. The topological polar surface area (TPSA) is 76.9 Å². The maximum atomic E-state index is 16.1. The first-order chi connectivity index (χ1) is 19.6. The van der Waals surface area contributed by atoms with Crippen molar-refractivity contribution in [1.82, 2.24) is 14.9 Å². The molecule has 4 rings (SSSR count). The van der Waals surface area contributed by atoms with Crippen LogP contribution in [0.25, 0.3) is 10.9 Å². The van der Waals surface area contributed by atoms with E-state index in [1.54, 1.807) is 37.3 Å². The standard InChI is InChI=1S/C32H37BrFN3O4/c1-7-40-27-18-22(19-28(36-27)41-8-2)32(38,14-15-37(4)5)29(24-11-9-10-20(3)30(24)34)25-17-21-16-23(33)12-13-26(21)35-31(25)39-6/h9-13,16-19,29,38H,7-8,14-15H2,1-6H3. The van der Waals surface area contributed by atoms with Crippen LogP contribution in [-0.2, 0) is 5.60 Å². The van der Waals surface area contributed by atoms with E-state index >= 15 is 4.39 Å². The maximum absolute atomic E-state index is 16.1. The van der Waals surface area contributed by atoms with Crippen LogP contribution in [0, 0.1) is 12.7 Å². The number of halogens is 2. The van der Waals surface area contributed by atoms with Crippen LogP contribution in [0.15, 0.2) is 59.1 Å². The number of fused-ring (bicyclic) bond motifs is 1. The van der Waals surface area contributed by atoms with Crippen LogP contribution in [0.2, 0.25) is 0 Å². The molecular formula is C32H37BrFN3O4. The second-order valence-electron chi connectivity index (χ2n) is 10.2. The third-order valence-corrected chi connectivity index (χ3v) is 7.58. The fourth-order valence-corrected chi connectivity index (χ4v) is 5.49. The highest BCUT2D eigenvalue weighted by atomic mass is 79.9. The van der Waals surface area contributed by atoms with Gasteiger partial charge in [0, 0.05) is 34.1 Å². The van der Waals surface area contributed by atoms with Gasteiger partial charge in [-0.15, -0.1) is 0 Å². The van der Waals surface area contributed by atoms with Crippen LogP contribution in [0.4, 0.5) is 4.39 Å². The number of aryl methyl sites for hydroxylation is 1. The molecule has 0 amide bonds. The summed E-state index contributed by atoms with van der Waals surface area (Å²) < 4.78 is 34.4. The molecule has 41 heavy (non-hydrogen) atoms. The maximum Gasteiger partial charge on any atom is 0.217 e. The molecule has 0 aliphatic carbocycles. The van der Waals surface area contributed by atoms with Crippen molar-refractivity contribution in [3.8, 4) is 17.6 Å². The Bertz CT molecular complexity index is 1490. The molecule has 2 atom stereocenters. The molecule has 0 saturated carbocycles. The molecule has 0 spiro atoms. The first-order valence-electron chi connectivity index (χ1n) is 13.7. The largest absolute Gasteiger partial charge is 0.481 e. The summed E-state index contributed by atoms with van der Waals surface area (Å²) >= 11 is 3.55. The van der Waals surface area contributed by atoms with Crippen molar-refractivity contribution in [3.63, 3.8) is 0 Å². The lowest BCUT2D eigenvalue weighted by molar-refractivity contribution is 0.00230. The Kier molecular flexibility index (Phi) is 9.84. The van der Waals surface area contributed by atoms with E-state index in [9.17, 15) is 5.11 Å². The Morgan fingerprint density at radius 1 is 0.976 bits per heavy atom. The van der Waals surface area contributed by atoms with Crippen molar-refractivity contribution in [2.24, 2.45) is 0 Å². The zero-order valence-corrected chi connectivity index (χ0v) is 26.0. The summed E-state index contributed by atoms with van der Waals surface area (Å²) in [6.45, 7) is 6.71. The van der Waals surface area contributed by atoms with Crippen LogP contribution < -0.4 is 14.2 Å². The molecule has 0 aliphatic heterocycles. The summed E-state index contributed by atoms with van der Waals surface area (Å²) in [5.41, 5.74) is 0.898. The highest BCUT2D eigenvalue weighted by molar-refractivity contribution is 9.10. The SMILES string of the molecule is CCOc1cc(C(O)(CCN(C)C)C(c2cc3cc(Br)ccc3nc2OC)c2cccc(C)c2F)cc(OCC)n1. The number of hydrogen-bond donors (Lipinski definition) is 1. The number of pyridine rings is 2. The molecule has 218 valence electrons. The normalized spacial score (nSPS) is 13.7. The van der Waals surface area contributed by atoms with Gasteiger partial charge in [-0.3, -0.25) is 0 Å². The van der Waals surface area contributed by atoms with Gasteiger partial charge in [0.15, 0.2) is 0 Å². The number of nitrogens with zero attached hydrogens (tertiary/aromatic N) is 3. The summed E-state index contributed by atoms with van der Waals surface area (Å²) in [4.78, 5) is 11.2. The molecule has 9 heteroatoms. The summed E-state index contributed by atoms with van der Waals surface area (Å²) in [6, 6.07) is 16.3. The molecule has 4 aromatic rings. The molecule has 0 aliphatic rings. The van der Waals surface area contributed by atoms with E-state index in [0.717, 1.165) is 15.4 Å². The smallest absolute Gasteiger partial charge is 0.217 e. The molecule has 0 bridgehead atoms. The molecule has 0 fully saturated rings. The average Bonchev–Trinajstić information content (AvgIpc) is 2.94. The van der Waals surface area contributed by atoms with Crippen LogP contribution in [0.1, 0.15) is 48.4 Å². The van der Waals surface area contributed by atoms with Crippen LogP contribution in [0.5, 0.6) is 17.6 Å². The number of methoxy groups -OCH3 is 1. The lowest BCUT2D eigenvalue weighted by atomic mass is 9.71. The van der Waals surface area contributed by atoms with Crippen LogP contribution in [-0.4, -0.2) is 60.9 Å². The third kappa shape index (κ3) is 6.63. The average molecular weight is 627 g/mol. The molecule has 2 aromatic carbocycles.